The van der Waals surface area contributed by atoms with E-state index in [0.717, 1.165) is 16.7 Å². The van der Waals surface area contributed by atoms with E-state index in [0.29, 0.717) is 12.5 Å². The molecule has 0 heterocycles. The Balaban J connectivity index is 2.20. The van der Waals surface area contributed by atoms with Gasteiger partial charge in [-0.2, -0.15) is 0 Å². The maximum absolute atomic E-state index is 12.3. The number of benzene rings is 2. The molecule has 0 saturated carbocycles. The van der Waals surface area contributed by atoms with Crippen molar-refractivity contribution < 1.29 is 14.6 Å². The summed E-state index contributed by atoms with van der Waals surface area (Å²) in [5.41, 5.74) is 2.38. The molecule has 0 radical (unpaired) electrons. The fourth-order valence-electron chi connectivity index (χ4n) is 2.77. The number of hydrogen-bond donors (Lipinski definition) is 3. The van der Waals surface area contributed by atoms with E-state index in [-0.39, 0.29) is 0 Å². The fourth-order valence-corrected chi connectivity index (χ4v) is 2.77. The third-order valence-electron chi connectivity index (χ3n) is 4.10. The molecule has 0 fully saturated rings. The zero-order valence-corrected chi connectivity index (χ0v) is 17.4. The highest BCUT2D eigenvalue weighted by Gasteiger charge is 2.26. The second-order valence-corrected chi connectivity index (χ2v) is 8.36. The zero-order valence-electron chi connectivity index (χ0n) is 17.4. The van der Waals surface area contributed by atoms with Crippen LogP contribution in [0.25, 0.3) is 11.1 Å². The molecule has 0 saturated heterocycles. The molecule has 28 heavy (non-hydrogen) atoms. The van der Waals surface area contributed by atoms with Gasteiger partial charge in [-0.25, -0.2) is 4.79 Å². The molecule has 5 nitrogen and oxygen atoms in total. The van der Waals surface area contributed by atoms with E-state index >= 15 is 0 Å². The van der Waals surface area contributed by atoms with E-state index in [1.165, 1.54) is 0 Å². The summed E-state index contributed by atoms with van der Waals surface area (Å²) in [6.45, 7) is 10.2. The Labute approximate surface area is 168 Å². The molecule has 152 valence electrons. The molecule has 2 aromatic rings. The highest BCUT2D eigenvalue weighted by molar-refractivity contribution is 5.69. The lowest BCUT2D eigenvalue weighted by atomic mass is 10.00. The molecule has 1 amide bonds. The van der Waals surface area contributed by atoms with Crippen LogP contribution in [0.15, 0.2) is 54.6 Å². The second kappa shape index (κ2) is 9.71. The highest BCUT2D eigenvalue weighted by Crippen LogP contribution is 2.23. The van der Waals surface area contributed by atoms with E-state index in [1.54, 1.807) is 0 Å². The van der Waals surface area contributed by atoms with Crippen LogP contribution in [0.5, 0.6) is 0 Å². The molecule has 2 atom stereocenters. The standard InChI is InChI=1S/C23H32N2O3/c1-16(2)15-24-21(26)20(25-22(27)28-23(3,4)5)19-13-11-18(12-14-19)17-9-7-6-8-10-17/h6-14,16,20-21,24,26H,15H2,1-5H3,(H,25,27). The molecular weight excluding hydrogens is 352 g/mol. The molecule has 2 aromatic carbocycles. The third kappa shape index (κ3) is 6.98. The SMILES string of the molecule is CC(C)CNC(O)C(NC(=O)OC(C)(C)C)c1ccc(-c2ccccc2)cc1. The van der Waals surface area contributed by atoms with Gasteiger partial charge in [-0.15, -0.1) is 0 Å². The number of hydrogen-bond acceptors (Lipinski definition) is 4. The molecule has 5 heteroatoms. The largest absolute Gasteiger partial charge is 0.444 e. The Morgan fingerprint density at radius 2 is 1.57 bits per heavy atom. The van der Waals surface area contributed by atoms with Gasteiger partial charge in [-0.1, -0.05) is 68.4 Å². The number of alkyl carbamates (subject to hydrolysis) is 1. The van der Waals surface area contributed by atoms with Crippen molar-refractivity contribution in [1.29, 1.82) is 0 Å². The van der Waals surface area contributed by atoms with Gasteiger partial charge < -0.3 is 15.2 Å². The molecule has 0 aliphatic carbocycles. The summed E-state index contributed by atoms with van der Waals surface area (Å²) in [5.74, 6) is 0.372. The van der Waals surface area contributed by atoms with E-state index in [4.69, 9.17) is 4.74 Å². The van der Waals surface area contributed by atoms with E-state index in [2.05, 4.69) is 24.5 Å². The summed E-state index contributed by atoms with van der Waals surface area (Å²) in [5, 5.41) is 16.5. The van der Waals surface area contributed by atoms with E-state index in [1.807, 2.05) is 75.4 Å². The summed E-state index contributed by atoms with van der Waals surface area (Å²) in [6, 6.07) is 17.3. The van der Waals surface area contributed by atoms with Gasteiger partial charge in [0.1, 0.15) is 11.8 Å². The average Bonchev–Trinajstić information content (AvgIpc) is 2.63. The van der Waals surface area contributed by atoms with Crippen LogP contribution in [0.2, 0.25) is 0 Å². The van der Waals surface area contributed by atoms with Crippen molar-refractivity contribution in [3.05, 3.63) is 60.2 Å². The van der Waals surface area contributed by atoms with Crippen molar-refractivity contribution >= 4 is 6.09 Å². The van der Waals surface area contributed by atoms with Crippen molar-refractivity contribution in [1.82, 2.24) is 10.6 Å². The first-order valence-corrected chi connectivity index (χ1v) is 9.72. The van der Waals surface area contributed by atoms with Gasteiger partial charge in [0, 0.05) is 0 Å². The van der Waals surface area contributed by atoms with Crippen LogP contribution in [0.1, 0.15) is 46.2 Å². The van der Waals surface area contributed by atoms with Gasteiger partial charge in [0.15, 0.2) is 0 Å². The fraction of sp³-hybridized carbons (Fsp3) is 0.435. The van der Waals surface area contributed by atoms with Crippen molar-refractivity contribution in [3.63, 3.8) is 0 Å². The number of nitrogens with one attached hydrogen (secondary N) is 2. The molecule has 0 aliphatic heterocycles. The molecule has 0 aliphatic rings. The molecule has 3 N–H and O–H groups in total. The van der Waals surface area contributed by atoms with Crippen LogP contribution in [0.4, 0.5) is 4.79 Å². The first kappa shape index (κ1) is 21.9. The first-order valence-electron chi connectivity index (χ1n) is 9.72. The predicted molar refractivity (Wildman–Crippen MR) is 113 cm³/mol. The highest BCUT2D eigenvalue weighted by atomic mass is 16.6. The zero-order chi connectivity index (χ0) is 20.7. The number of aliphatic hydroxyl groups excluding tert-OH is 1. The Morgan fingerprint density at radius 3 is 2.11 bits per heavy atom. The Hall–Kier alpha value is -2.37. The molecular formula is C23H32N2O3. The van der Waals surface area contributed by atoms with Gasteiger partial charge in [0.25, 0.3) is 0 Å². The minimum Gasteiger partial charge on any atom is -0.444 e. The minimum absolute atomic E-state index is 0.372. The second-order valence-electron chi connectivity index (χ2n) is 8.36. The first-order chi connectivity index (χ1) is 13.2. The molecule has 0 spiro atoms. The van der Waals surface area contributed by atoms with Gasteiger partial charge in [0.2, 0.25) is 0 Å². The smallest absolute Gasteiger partial charge is 0.408 e. The molecule has 0 bridgehead atoms. The number of carbonyl (C=O) groups is 1. The average molecular weight is 385 g/mol. The predicted octanol–water partition coefficient (Wildman–Crippen LogP) is 4.48. The summed E-state index contributed by atoms with van der Waals surface area (Å²) in [4.78, 5) is 12.3. The van der Waals surface area contributed by atoms with E-state index in [9.17, 15) is 9.90 Å². The maximum atomic E-state index is 12.3. The number of aliphatic hydroxyl groups is 1. The third-order valence-corrected chi connectivity index (χ3v) is 4.10. The summed E-state index contributed by atoms with van der Waals surface area (Å²) < 4.78 is 5.37. The van der Waals surface area contributed by atoms with Crippen molar-refractivity contribution in [2.75, 3.05) is 6.54 Å². The van der Waals surface area contributed by atoms with Gasteiger partial charge >= 0.3 is 6.09 Å². The number of rotatable bonds is 7. The van der Waals surface area contributed by atoms with Crippen LogP contribution < -0.4 is 10.6 Å². The van der Waals surface area contributed by atoms with Crippen molar-refractivity contribution in [2.45, 2.75) is 52.5 Å². The lowest BCUT2D eigenvalue weighted by molar-refractivity contribution is 0.0370. The van der Waals surface area contributed by atoms with Crippen LogP contribution >= 0.6 is 0 Å². The quantitative estimate of drug-likeness (QED) is 0.616. The summed E-state index contributed by atoms with van der Waals surface area (Å²) >= 11 is 0. The lowest BCUT2D eigenvalue weighted by Gasteiger charge is -2.28. The van der Waals surface area contributed by atoms with Crippen LogP contribution in [-0.4, -0.2) is 29.6 Å². The number of ether oxygens (including phenoxy) is 1. The Bertz CT molecular complexity index is 737. The number of carbonyl (C=O) groups excluding carboxylic acids is 1. The summed E-state index contributed by atoms with van der Waals surface area (Å²) in [6.07, 6.45) is -1.49. The lowest BCUT2D eigenvalue weighted by Crippen LogP contribution is -2.46. The normalized spacial score (nSPS) is 13.8. The Kier molecular flexibility index (Phi) is 7.61. The maximum Gasteiger partial charge on any atom is 0.408 e. The topological polar surface area (TPSA) is 70.6 Å². The minimum atomic E-state index is -0.933. The Morgan fingerprint density at radius 1 is 1.00 bits per heavy atom. The van der Waals surface area contributed by atoms with Crippen LogP contribution in [0.3, 0.4) is 0 Å². The molecule has 0 aromatic heterocycles. The van der Waals surface area contributed by atoms with Crippen LogP contribution in [-0.2, 0) is 4.74 Å². The van der Waals surface area contributed by atoms with E-state index < -0.39 is 24.0 Å². The molecule has 2 rings (SSSR count). The molecule has 2 unspecified atom stereocenters. The van der Waals surface area contributed by atoms with Gasteiger partial charge in [-0.05, 0) is 49.9 Å². The van der Waals surface area contributed by atoms with Gasteiger partial charge in [-0.3, -0.25) is 5.32 Å². The summed E-state index contributed by atoms with van der Waals surface area (Å²) in [7, 11) is 0. The number of amides is 1. The van der Waals surface area contributed by atoms with Crippen molar-refractivity contribution in [2.24, 2.45) is 5.92 Å². The van der Waals surface area contributed by atoms with Crippen LogP contribution in [0, 0.1) is 5.92 Å². The van der Waals surface area contributed by atoms with Crippen molar-refractivity contribution in [3.8, 4) is 11.1 Å². The van der Waals surface area contributed by atoms with Gasteiger partial charge in [0.05, 0.1) is 6.04 Å². The monoisotopic (exact) mass is 384 g/mol.